The van der Waals surface area contributed by atoms with Crippen LogP contribution in [0.15, 0.2) is 12.1 Å². The largest absolute Gasteiger partial charge is 0.507 e. The Bertz CT molecular complexity index is 606. The fourth-order valence-electron chi connectivity index (χ4n) is 4.83. The van der Waals surface area contributed by atoms with Crippen LogP contribution in [0, 0.1) is 18.8 Å². The molecule has 1 saturated carbocycles. The number of piperidine rings is 1. The summed E-state index contributed by atoms with van der Waals surface area (Å²) < 4.78 is 6.39. The van der Waals surface area contributed by atoms with Gasteiger partial charge >= 0.3 is 0 Å². The third kappa shape index (κ3) is 3.44. The van der Waals surface area contributed by atoms with Crippen LogP contribution in [0.3, 0.4) is 0 Å². The monoisotopic (exact) mass is 344 g/mol. The maximum Gasteiger partial charge on any atom is 0.122 e. The lowest BCUT2D eigenvalue weighted by molar-refractivity contribution is -0.0657. The van der Waals surface area contributed by atoms with E-state index < -0.39 is 0 Å². The maximum absolute atomic E-state index is 10.5. The topological polar surface area (TPSA) is 58.7 Å². The number of nitrogens with two attached hydrogens (primary N) is 1. The number of ether oxygens (including phenoxy) is 1. The molecule has 4 rings (SSSR count). The van der Waals surface area contributed by atoms with Gasteiger partial charge in [-0.15, -0.1) is 0 Å². The van der Waals surface area contributed by atoms with Crippen molar-refractivity contribution in [3.63, 3.8) is 0 Å². The minimum absolute atomic E-state index is 0.0757. The standard InChI is InChI=1S/C21H32N2O2/c1-14-5-6-17-18(21(14)24)11-19(25-20(17)12-22)16-7-9-23(10-8-16)13-15-3-2-4-15/h5-6,15-16,19-20,24H,2-4,7-13,22H2,1H3. The number of nitrogens with zero attached hydrogens (tertiary/aromatic N) is 1. The molecule has 2 heterocycles. The number of phenols is 1. The summed E-state index contributed by atoms with van der Waals surface area (Å²) in [5.41, 5.74) is 9.09. The maximum atomic E-state index is 10.5. The number of hydrogen-bond acceptors (Lipinski definition) is 4. The van der Waals surface area contributed by atoms with Crippen LogP contribution in [-0.2, 0) is 11.2 Å². The summed E-state index contributed by atoms with van der Waals surface area (Å²) in [7, 11) is 0. The number of phenolic OH excluding ortho intramolecular Hbond substituents is 1. The molecule has 3 aliphatic rings. The highest BCUT2D eigenvalue weighted by atomic mass is 16.5. The molecule has 2 unspecified atom stereocenters. The number of benzene rings is 1. The smallest absolute Gasteiger partial charge is 0.122 e. The highest BCUT2D eigenvalue weighted by molar-refractivity contribution is 5.47. The SMILES string of the molecule is Cc1ccc2c(c1O)CC(C1CCN(CC3CCC3)CC1)OC2CN. The molecule has 3 N–H and O–H groups in total. The average molecular weight is 344 g/mol. The van der Waals surface area contributed by atoms with Crippen molar-refractivity contribution < 1.29 is 9.84 Å². The number of fused-ring (bicyclic) bond motifs is 1. The predicted molar refractivity (Wildman–Crippen MR) is 99.7 cm³/mol. The van der Waals surface area contributed by atoms with E-state index in [9.17, 15) is 5.11 Å². The van der Waals surface area contributed by atoms with Gasteiger partial charge in [-0.25, -0.2) is 0 Å². The quantitative estimate of drug-likeness (QED) is 0.881. The van der Waals surface area contributed by atoms with Crippen LogP contribution in [0.4, 0.5) is 0 Å². The molecule has 1 aromatic rings. The normalized spacial score (nSPS) is 28.6. The van der Waals surface area contributed by atoms with E-state index in [0.717, 1.165) is 29.0 Å². The van der Waals surface area contributed by atoms with Crippen molar-refractivity contribution in [2.75, 3.05) is 26.2 Å². The Morgan fingerprint density at radius 3 is 2.60 bits per heavy atom. The average Bonchev–Trinajstić information content (AvgIpc) is 2.61. The van der Waals surface area contributed by atoms with Crippen LogP contribution >= 0.6 is 0 Å². The summed E-state index contributed by atoms with van der Waals surface area (Å²) in [6.45, 7) is 6.14. The number of aryl methyl sites for hydroxylation is 1. The first kappa shape index (κ1) is 17.3. The molecular weight excluding hydrogens is 312 g/mol. The molecule has 2 atom stereocenters. The van der Waals surface area contributed by atoms with E-state index in [1.807, 2.05) is 13.0 Å². The van der Waals surface area contributed by atoms with Crippen LogP contribution in [0.1, 0.15) is 54.9 Å². The highest BCUT2D eigenvalue weighted by Gasteiger charge is 2.35. The van der Waals surface area contributed by atoms with Gasteiger partial charge in [-0.2, -0.15) is 0 Å². The Morgan fingerprint density at radius 2 is 1.96 bits per heavy atom. The Kier molecular flexibility index (Phi) is 5.03. The Morgan fingerprint density at radius 1 is 1.20 bits per heavy atom. The molecule has 0 spiro atoms. The number of rotatable bonds is 4. The summed E-state index contributed by atoms with van der Waals surface area (Å²) in [6.07, 6.45) is 7.64. The molecule has 138 valence electrons. The molecule has 1 aromatic carbocycles. The molecule has 25 heavy (non-hydrogen) atoms. The summed E-state index contributed by atoms with van der Waals surface area (Å²) in [6, 6.07) is 4.05. The molecule has 2 aliphatic heterocycles. The molecule has 1 aliphatic carbocycles. The first-order valence-corrected chi connectivity index (χ1v) is 10.0. The van der Waals surface area contributed by atoms with E-state index in [2.05, 4.69) is 11.0 Å². The van der Waals surface area contributed by atoms with E-state index in [0.29, 0.717) is 18.2 Å². The van der Waals surface area contributed by atoms with Gasteiger partial charge in [0.05, 0.1) is 12.2 Å². The van der Waals surface area contributed by atoms with Crippen molar-refractivity contribution in [1.82, 2.24) is 4.90 Å². The summed E-state index contributed by atoms with van der Waals surface area (Å²) in [5.74, 6) is 1.99. The van der Waals surface area contributed by atoms with Gasteiger partial charge < -0.3 is 20.5 Å². The molecule has 2 fully saturated rings. The van der Waals surface area contributed by atoms with Gasteiger partial charge in [0, 0.05) is 25.1 Å². The van der Waals surface area contributed by atoms with Crippen molar-refractivity contribution in [3.05, 3.63) is 28.8 Å². The third-order valence-corrected chi connectivity index (χ3v) is 6.73. The fourth-order valence-corrected chi connectivity index (χ4v) is 4.83. The number of hydrogen-bond donors (Lipinski definition) is 2. The molecule has 4 heteroatoms. The second-order valence-electron chi connectivity index (χ2n) is 8.34. The molecule has 0 bridgehead atoms. The van der Waals surface area contributed by atoms with E-state index in [1.165, 1.54) is 51.7 Å². The third-order valence-electron chi connectivity index (χ3n) is 6.73. The van der Waals surface area contributed by atoms with Gasteiger partial charge in [-0.1, -0.05) is 18.6 Å². The first-order valence-electron chi connectivity index (χ1n) is 10.0. The zero-order valence-electron chi connectivity index (χ0n) is 15.4. The van der Waals surface area contributed by atoms with E-state index in [-0.39, 0.29) is 12.2 Å². The second-order valence-corrected chi connectivity index (χ2v) is 8.34. The van der Waals surface area contributed by atoms with Gasteiger partial charge in [0.2, 0.25) is 0 Å². The minimum atomic E-state index is -0.0757. The number of aromatic hydroxyl groups is 1. The molecule has 0 aromatic heterocycles. The van der Waals surface area contributed by atoms with Crippen LogP contribution in [0.5, 0.6) is 5.75 Å². The van der Waals surface area contributed by atoms with Crippen molar-refractivity contribution in [2.45, 2.75) is 57.7 Å². The lowest BCUT2D eigenvalue weighted by Gasteiger charge is -2.42. The predicted octanol–water partition coefficient (Wildman–Crippen LogP) is 3.15. The van der Waals surface area contributed by atoms with Gasteiger partial charge in [-0.3, -0.25) is 0 Å². The van der Waals surface area contributed by atoms with E-state index >= 15 is 0 Å². The van der Waals surface area contributed by atoms with Gasteiger partial charge in [0.25, 0.3) is 0 Å². The van der Waals surface area contributed by atoms with Crippen molar-refractivity contribution in [1.29, 1.82) is 0 Å². The minimum Gasteiger partial charge on any atom is -0.507 e. The van der Waals surface area contributed by atoms with Crippen molar-refractivity contribution in [3.8, 4) is 5.75 Å². The van der Waals surface area contributed by atoms with Crippen molar-refractivity contribution in [2.24, 2.45) is 17.6 Å². The zero-order chi connectivity index (χ0) is 17.4. The van der Waals surface area contributed by atoms with Crippen LogP contribution < -0.4 is 5.73 Å². The number of likely N-dealkylation sites (tertiary alicyclic amines) is 1. The summed E-state index contributed by atoms with van der Waals surface area (Å²) in [4.78, 5) is 2.65. The lowest BCUT2D eigenvalue weighted by Crippen LogP contribution is -2.44. The molecule has 0 radical (unpaired) electrons. The van der Waals surface area contributed by atoms with E-state index in [4.69, 9.17) is 10.5 Å². The van der Waals surface area contributed by atoms with Gasteiger partial charge in [0.1, 0.15) is 5.75 Å². The Labute approximate surface area is 151 Å². The summed E-state index contributed by atoms with van der Waals surface area (Å²) >= 11 is 0. The molecule has 0 amide bonds. The van der Waals surface area contributed by atoms with Crippen LogP contribution in [0.2, 0.25) is 0 Å². The zero-order valence-corrected chi connectivity index (χ0v) is 15.4. The van der Waals surface area contributed by atoms with Crippen LogP contribution in [0.25, 0.3) is 0 Å². The Balaban J connectivity index is 1.42. The fraction of sp³-hybridized carbons (Fsp3) is 0.714. The molecule has 4 nitrogen and oxygen atoms in total. The van der Waals surface area contributed by atoms with Crippen molar-refractivity contribution >= 4 is 0 Å². The lowest BCUT2D eigenvalue weighted by atomic mass is 9.81. The molecule has 1 saturated heterocycles. The molecular formula is C21H32N2O2. The van der Waals surface area contributed by atoms with E-state index in [1.54, 1.807) is 0 Å². The Hall–Kier alpha value is -1.10. The van der Waals surface area contributed by atoms with Gasteiger partial charge in [0.15, 0.2) is 0 Å². The second kappa shape index (κ2) is 7.26. The first-order chi connectivity index (χ1) is 12.2. The summed E-state index contributed by atoms with van der Waals surface area (Å²) in [5, 5.41) is 10.5. The van der Waals surface area contributed by atoms with Gasteiger partial charge in [-0.05, 0) is 68.7 Å². The van der Waals surface area contributed by atoms with Crippen LogP contribution in [-0.4, -0.2) is 42.3 Å². The highest BCUT2D eigenvalue weighted by Crippen LogP contribution is 2.40.